The first-order valence-electron chi connectivity index (χ1n) is 5.83. The van der Waals surface area contributed by atoms with Gasteiger partial charge in [0.15, 0.2) is 0 Å². The van der Waals surface area contributed by atoms with Gasteiger partial charge in [-0.3, -0.25) is 0 Å². The fraction of sp³-hybridized carbons (Fsp3) is 0.200. The summed E-state index contributed by atoms with van der Waals surface area (Å²) in [5.41, 5.74) is 9.45. The second kappa shape index (κ2) is 4.61. The normalized spacial score (nSPS) is 11.6. The molecule has 0 atom stereocenters. The Kier molecular flexibility index (Phi) is 3.27. The number of nitrogens with two attached hydrogens (primary N) is 1. The third-order valence-electron chi connectivity index (χ3n) is 3.25. The predicted octanol–water partition coefficient (Wildman–Crippen LogP) is 4.57. The van der Waals surface area contributed by atoms with Crippen LogP contribution in [0.25, 0.3) is 11.1 Å². The molecule has 2 aromatic carbocycles. The van der Waals surface area contributed by atoms with Gasteiger partial charge in [0.1, 0.15) is 0 Å². The van der Waals surface area contributed by atoms with Gasteiger partial charge in [-0.15, -0.1) is 0 Å². The Morgan fingerprint density at radius 3 is 1.95 bits per heavy atom. The van der Waals surface area contributed by atoms with Gasteiger partial charge < -0.3 is 5.73 Å². The minimum Gasteiger partial charge on any atom is -0.398 e. The predicted molar refractivity (Wildman–Crippen MR) is 70.8 cm³/mol. The molecular formula is C15H14F3N. The van der Waals surface area contributed by atoms with Gasteiger partial charge in [0, 0.05) is 5.69 Å². The van der Waals surface area contributed by atoms with E-state index in [4.69, 9.17) is 5.73 Å². The number of alkyl halides is 3. The molecule has 0 heterocycles. The van der Waals surface area contributed by atoms with E-state index in [1.807, 2.05) is 19.9 Å². The topological polar surface area (TPSA) is 26.0 Å². The summed E-state index contributed by atoms with van der Waals surface area (Å²) >= 11 is 0. The number of halogens is 3. The average molecular weight is 265 g/mol. The third-order valence-corrected chi connectivity index (χ3v) is 3.25. The van der Waals surface area contributed by atoms with Crippen molar-refractivity contribution in [3.8, 4) is 11.1 Å². The van der Waals surface area contributed by atoms with Gasteiger partial charge in [-0.2, -0.15) is 13.2 Å². The smallest absolute Gasteiger partial charge is 0.398 e. The molecule has 0 amide bonds. The van der Waals surface area contributed by atoms with Crippen LogP contribution in [-0.4, -0.2) is 0 Å². The summed E-state index contributed by atoms with van der Waals surface area (Å²) in [5, 5.41) is 0. The van der Waals surface area contributed by atoms with Crippen molar-refractivity contribution in [3.63, 3.8) is 0 Å². The second-order valence-corrected chi connectivity index (χ2v) is 4.58. The molecule has 19 heavy (non-hydrogen) atoms. The van der Waals surface area contributed by atoms with Crippen LogP contribution in [0.2, 0.25) is 0 Å². The second-order valence-electron chi connectivity index (χ2n) is 4.58. The first kappa shape index (κ1) is 13.5. The molecule has 0 fully saturated rings. The van der Waals surface area contributed by atoms with E-state index in [9.17, 15) is 13.2 Å². The minimum atomic E-state index is -4.30. The molecular weight excluding hydrogens is 251 g/mol. The van der Waals surface area contributed by atoms with E-state index in [0.717, 1.165) is 34.4 Å². The summed E-state index contributed by atoms with van der Waals surface area (Å²) in [5.74, 6) is 0. The van der Waals surface area contributed by atoms with Crippen molar-refractivity contribution >= 4 is 5.69 Å². The molecule has 2 aromatic rings. The minimum absolute atomic E-state index is 0.645. The van der Waals surface area contributed by atoms with Crippen LogP contribution in [0.4, 0.5) is 18.9 Å². The van der Waals surface area contributed by atoms with Crippen molar-refractivity contribution in [2.75, 3.05) is 5.73 Å². The molecule has 0 aliphatic rings. The Morgan fingerprint density at radius 2 is 1.47 bits per heavy atom. The fourth-order valence-corrected chi connectivity index (χ4v) is 1.90. The molecule has 2 rings (SSSR count). The number of anilines is 1. The molecule has 0 saturated heterocycles. The highest BCUT2D eigenvalue weighted by molar-refractivity contribution is 5.70. The van der Waals surface area contributed by atoms with Crippen molar-refractivity contribution in [1.29, 1.82) is 0 Å². The standard InChI is InChI=1S/C15H14F3N/c1-9-7-12(8-14(19)10(9)2)11-3-5-13(6-4-11)15(16,17)18/h3-8H,19H2,1-2H3. The van der Waals surface area contributed by atoms with E-state index >= 15 is 0 Å². The summed E-state index contributed by atoms with van der Waals surface area (Å²) in [4.78, 5) is 0. The van der Waals surface area contributed by atoms with Crippen molar-refractivity contribution in [2.45, 2.75) is 20.0 Å². The molecule has 0 aliphatic carbocycles. The Morgan fingerprint density at radius 1 is 0.895 bits per heavy atom. The van der Waals surface area contributed by atoms with Gasteiger partial charge in [0.25, 0.3) is 0 Å². The third kappa shape index (κ3) is 2.72. The van der Waals surface area contributed by atoms with Gasteiger partial charge in [0.05, 0.1) is 5.56 Å². The van der Waals surface area contributed by atoms with Gasteiger partial charge >= 0.3 is 6.18 Å². The number of nitrogen functional groups attached to an aromatic ring is 1. The van der Waals surface area contributed by atoms with E-state index in [0.29, 0.717) is 5.69 Å². The molecule has 1 nitrogen and oxygen atoms in total. The maximum absolute atomic E-state index is 12.5. The number of rotatable bonds is 1. The summed E-state index contributed by atoms with van der Waals surface area (Å²) in [6.45, 7) is 3.85. The number of hydrogen-bond acceptors (Lipinski definition) is 1. The quantitative estimate of drug-likeness (QED) is 0.751. The lowest BCUT2D eigenvalue weighted by atomic mass is 9.98. The van der Waals surface area contributed by atoms with Gasteiger partial charge in [-0.25, -0.2) is 0 Å². The van der Waals surface area contributed by atoms with Crippen LogP contribution in [0.1, 0.15) is 16.7 Å². The lowest BCUT2D eigenvalue weighted by molar-refractivity contribution is -0.137. The Hall–Kier alpha value is -1.97. The van der Waals surface area contributed by atoms with E-state index in [1.165, 1.54) is 12.1 Å². The first-order chi connectivity index (χ1) is 8.79. The van der Waals surface area contributed by atoms with Crippen LogP contribution >= 0.6 is 0 Å². The maximum Gasteiger partial charge on any atom is 0.416 e. The molecule has 0 aliphatic heterocycles. The Balaban J connectivity index is 2.43. The molecule has 4 heteroatoms. The fourth-order valence-electron chi connectivity index (χ4n) is 1.90. The van der Waals surface area contributed by atoms with Crippen LogP contribution in [-0.2, 0) is 6.18 Å². The number of benzene rings is 2. The highest BCUT2D eigenvalue weighted by Gasteiger charge is 2.29. The summed E-state index contributed by atoms with van der Waals surface area (Å²) in [6, 6.07) is 8.80. The maximum atomic E-state index is 12.5. The van der Waals surface area contributed by atoms with Crippen molar-refractivity contribution in [3.05, 3.63) is 53.1 Å². The van der Waals surface area contributed by atoms with Crippen LogP contribution in [0.5, 0.6) is 0 Å². The van der Waals surface area contributed by atoms with Crippen LogP contribution in [0.15, 0.2) is 36.4 Å². The van der Waals surface area contributed by atoms with E-state index in [-0.39, 0.29) is 0 Å². The highest BCUT2D eigenvalue weighted by atomic mass is 19.4. The average Bonchev–Trinajstić information content (AvgIpc) is 2.34. The summed E-state index contributed by atoms with van der Waals surface area (Å²) < 4.78 is 37.4. The zero-order chi connectivity index (χ0) is 14.2. The molecule has 0 spiro atoms. The van der Waals surface area contributed by atoms with Crippen molar-refractivity contribution in [1.82, 2.24) is 0 Å². The first-order valence-corrected chi connectivity index (χ1v) is 5.83. The van der Waals surface area contributed by atoms with Crippen LogP contribution in [0, 0.1) is 13.8 Å². The lowest BCUT2D eigenvalue weighted by Crippen LogP contribution is -2.04. The van der Waals surface area contributed by atoms with Crippen molar-refractivity contribution in [2.24, 2.45) is 0 Å². The molecule has 0 saturated carbocycles. The summed E-state index contributed by atoms with van der Waals surface area (Å²) in [7, 11) is 0. The largest absolute Gasteiger partial charge is 0.416 e. The molecule has 0 radical (unpaired) electrons. The van der Waals surface area contributed by atoms with E-state index in [1.54, 1.807) is 6.07 Å². The van der Waals surface area contributed by atoms with Crippen LogP contribution < -0.4 is 5.73 Å². The molecule has 0 aromatic heterocycles. The van der Waals surface area contributed by atoms with E-state index < -0.39 is 11.7 Å². The molecule has 2 N–H and O–H groups in total. The molecule has 100 valence electrons. The lowest BCUT2D eigenvalue weighted by Gasteiger charge is -2.11. The summed E-state index contributed by atoms with van der Waals surface area (Å²) in [6.07, 6.45) is -4.30. The van der Waals surface area contributed by atoms with Gasteiger partial charge in [-0.1, -0.05) is 18.2 Å². The molecule has 0 unspecified atom stereocenters. The van der Waals surface area contributed by atoms with Crippen molar-refractivity contribution < 1.29 is 13.2 Å². The highest BCUT2D eigenvalue weighted by Crippen LogP contribution is 2.32. The zero-order valence-corrected chi connectivity index (χ0v) is 10.7. The van der Waals surface area contributed by atoms with Crippen LogP contribution in [0.3, 0.4) is 0 Å². The SMILES string of the molecule is Cc1cc(-c2ccc(C(F)(F)F)cc2)cc(N)c1C. The van der Waals surface area contributed by atoms with Gasteiger partial charge in [0.2, 0.25) is 0 Å². The van der Waals surface area contributed by atoms with Gasteiger partial charge in [-0.05, 0) is 54.3 Å². The zero-order valence-electron chi connectivity index (χ0n) is 10.7. The van der Waals surface area contributed by atoms with E-state index in [2.05, 4.69) is 0 Å². The number of aryl methyl sites for hydroxylation is 1. The molecule has 0 bridgehead atoms. The monoisotopic (exact) mass is 265 g/mol. The number of hydrogen-bond donors (Lipinski definition) is 1. The Bertz CT molecular complexity index is 575. The Labute approximate surface area is 109 Å².